The van der Waals surface area contributed by atoms with Gasteiger partial charge in [-0.25, -0.2) is 0 Å². The van der Waals surface area contributed by atoms with Crippen LogP contribution in [0.25, 0.3) is 22.3 Å². The second kappa shape index (κ2) is 6.20. The van der Waals surface area contributed by atoms with E-state index in [0.717, 1.165) is 6.42 Å². The number of halogens is 2. The van der Waals surface area contributed by atoms with Gasteiger partial charge in [0.1, 0.15) is 0 Å². The van der Waals surface area contributed by atoms with E-state index in [1.54, 1.807) is 0 Å². The lowest BCUT2D eigenvalue weighted by atomic mass is 9.91. The Kier molecular flexibility index (Phi) is 4.22. The molecule has 23 heavy (non-hydrogen) atoms. The van der Waals surface area contributed by atoms with Gasteiger partial charge in [0.15, 0.2) is 0 Å². The number of aryl methyl sites for hydroxylation is 1. The molecule has 3 aromatic rings. The Morgan fingerprint density at radius 1 is 0.826 bits per heavy atom. The largest absolute Gasteiger partial charge is 0.0880 e. The molecule has 0 N–H and O–H groups in total. The molecule has 4 rings (SSSR count). The normalized spacial score (nSPS) is 12.3. The molecule has 3 aromatic carbocycles. The van der Waals surface area contributed by atoms with Gasteiger partial charge in [-0.15, -0.1) is 0 Å². The molecule has 0 fully saturated rings. The number of alkyl halides is 2. The van der Waals surface area contributed by atoms with Crippen molar-refractivity contribution in [1.82, 2.24) is 0 Å². The molecule has 0 amide bonds. The number of hydrogen-bond donors (Lipinski definition) is 0. The molecule has 0 heterocycles. The van der Waals surface area contributed by atoms with Crippen LogP contribution >= 0.6 is 45.2 Å². The van der Waals surface area contributed by atoms with E-state index in [-0.39, 0.29) is 0 Å². The molecule has 1 aliphatic rings. The predicted octanol–water partition coefficient (Wildman–Crippen LogP) is 7.10. The zero-order valence-corrected chi connectivity index (χ0v) is 17.1. The Balaban J connectivity index is 1.99. The summed E-state index contributed by atoms with van der Waals surface area (Å²) in [6.45, 7) is 2.15. The minimum absolute atomic E-state index is 0.468. The zero-order valence-electron chi connectivity index (χ0n) is 12.8. The highest BCUT2D eigenvalue weighted by atomic mass is 127. The Bertz CT molecular complexity index is 877. The van der Waals surface area contributed by atoms with Gasteiger partial charge in [-0.1, -0.05) is 111 Å². The van der Waals surface area contributed by atoms with Crippen LogP contribution in [0.5, 0.6) is 0 Å². The molecule has 0 aliphatic heterocycles. The van der Waals surface area contributed by atoms with Crippen LogP contribution in [0.15, 0.2) is 60.7 Å². The Labute approximate surface area is 164 Å². The fourth-order valence-corrected chi connectivity index (χ4v) is 4.51. The molecule has 0 bridgehead atoms. The van der Waals surface area contributed by atoms with Crippen LogP contribution < -0.4 is 0 Å². The zero-order chi connectivity index (χ0) is 16.0. The van der Waals surface area contributed by atoms with Crippen LogP contribution in [0, 0.1) is 6.92 Å². The summed E-state index contributed by atoms with van der Waals surface area (Å²) < 4.78 is 0.468. The molecule has 1 aliphatic carbocycles. The topological polar surface area (TPSA) is 0 Å². The average Bonchev–Trinajstić information content (AvgIpc) is 2.93. The Morgan fingerprint density at radius 3 is 2.30 bits per heavy atom. The molecule has 0 nitrogen and oxygen atoms in total. The average molecular weight is 522 g/mol. The van der Waals surface area contributed by atoms with Crippen molar-refractivity contribution in [2.75, 3.05) is 0 Å². The molecule has 0 aromatic heterocycles. The maximum atomic E-state index is 2.52. The van der Waals surface area contributed by atoms with Crippen molar-refractivity contribution in [2.45, 2.75) is 15.3 Å². The van der Waals surface area contributed by atoms with Crippen LogP contribution in [0.1, 0.15) is 24.2 Å². The summed E-state index contributed by atoms with van der Waals surface area (Å²) in [6.07, 6.45) is 1.04. The highest BCUT2D eigenvalue weighted by molar-refractivity contribution is 14.2. The molecule has 0 saturated carbocycles. The second-order valence-corrected chi connectivity index (χ2v) is 10.9. The van der Waals surface area contributed by atoms with Gasteiger partial charge < -0.3 is 0 Å². The molecule has 2 heteroatoms. The second-order valence-electron chi connectivity index (χ2n) is 6.06. The summed E-state index contributed by atoms with van der Waals surface area (Å²) in [7, 11) is 0. The SMILES string of the molecule is Cc1ccc(-c2c(C(I)I)ccc3c2Cc2ccccc2-3)cc1. The van der Waals surface area contributed by atoms with E-state index in [0.29, 0.717) is 1.93 Å². The van der Waals surface area contributed by atoms with Crippen molar-refractivity contribution in [3.63, 3.8) is 0 Å². The van der Waals surface area contributed by atoms with Crippen molar-refractivity contribution >= 4 is 45.2 Å². The smallest absolute Gasteiger partial charge is 0.0657 e. The Hall–Kier alpha value is -0.880. The highest BCUT2D eigenvalue weighted by Gasteiger charge is 2.24. The minimum Gasteiger partial charge on any atom is -0.0657 e. The van der Waals surface area contributed by atoms with Crippen LogP contribution in [0.2, 0.25) is 0 Å². The van der Waals surface area contributed by atoms with E-state index in [1.165, 1.54) is 44.5 Å². The fourth-order valence-electron chi connectivity index (χ4n) is 3.47. The quantitative estimate of drug-likeness (QED) is 0.195. The maximum Gasteiger partial charge on any atom is 0.0880 e. The van der Waals surface area contributed by atoms with Gasteiger partial charge in [-0.3, -0.25) is 0 Å². The summed E-state index contributed by atoms with van der Waals surface area (Å²) in [6, 6.07) is 22.4. The summed E-state index contributed by atoms with van der Waals surface area (Å²) in [5, 5.41) is 0. The molecular weight excluding hydrogens is 506 g/mol. The lowest BCUT2D eigenvalue weighted by molar-refractivity contribution is 1.25. The first kappa shape index (κ1) is 15.6. The van der Waals surface area contributed by atoms with Gasteiger partial charge in [0.2, 0.25) is 0 Å². The van der Waals surface area contributed by atoms with Crippen molar-refractivity contribution in [3.8, 4) is 22.3 Å². The first-order valence-corrected chi connectivity index (χ1v) is 10.2. The number of rotatable bonds is 2. The molecule has 0 saturated heterocycles. The molecular formula is C21H16I2. The molecule has 0 radical (unpaired) electrons. The summed E-state index contributed by atoms with van der Waals surface area (Å²) in [4.78, 5) is 0. The molecule has 0 spiro atoms. The van der Waals surface area contributed by atoms with Crippen molar-refractivity contribution < 1.29 is 0 Å². The lowest BCUT2D eigenvalue weighted by Crippen LogP contribution is -1.95. The first-order chi connectivity index (χ1) is 11.1. The van der Waals surface area contributed by atoms with Gasteiger partial charge in [0, 0.05) is 0 Å². The molecule has 0 atom stereocenters. The van der Waals surface area contributed by atoms with Gasteiger partial charge >= 0.3 is 0 Å². The van der Waals surface area contributed by atoms with Crippen LogP contribution in [-0.2, 0) is 6.42 Å². The van der Waals surface area contributed by atoms with Gasteiger partial charge in [-0.2, -0.15) is 0 Å². The summed E-state index contributed by atoms with van der Waals surface area (Å²) in [5.74, 6) is 0. The summed E-state index contributed by atoms with van der Waals surface area (Å²) >= 11 is 5.04. The van der Waals surface area contributed by atoms with Gasteiger partial charge in [0.25, 0.3) is 0 Å². The maximum absolute atomic E-state index is 2.52. The number of fused-ring (bicyclic) bond motifs is 3. The summed E-state index contributed by atoms with van der Waals surface area (Å²) in [5.41, 5.74) is 11.3. The minimum atomic E-state index is 0.468. The Morgan fingerprint density at radius 2 is 1.57 bits per heavy atom. The van der Waals surface area contributed by atoms with E-state index in [2.05, 4.69) is 113 Å². The third-order valence-electron chi connectivity index (χ3n) is 4.60. The number of hydrogen-bond acceptors (Lipinski definition) is 0. The lowest BCUT2D eigenvalue weighted by Gasteiger charge is -2.16. The van der Waals surface area contributed by atoms with Gasteiger partial charge in [0.05, 0.1) is 1.93 Å². The van der Waals surface area contributed by atoms with Crippen LogP contribution in [0.3, 0.4) is 0 Å². The van der Waals surface area contributed by atoms with E-state index in [4.69, 9.17) is 0 Å². The number of benzene rings is 3. The monoisotopic (exact) mass is 522 g/mol. The molecule has 0 unspecified atom stereocenters. The van der Waals surface area contributed by atoms with E-state index < -0.39 is 0 Å². The standard InChI is InChI=1S/C21H16I2/c1-13-6-8-14(9-7-13)20-18(21(22)23)11-10-17-16-5-3-2-4-15(16)12-19(17)20/h2-11,21H,12H2,1H3. The van der Waals surface area contributed by atoms with Crippen LogP contribution in [0.4, 0.5) is 0 Å². The third-order valence-corrected chi connectivity index (χ3v) is 5.94. The highest BCUT2D eigenvalue weighted by Crippen LogP contribution is 2.47. The van der Waals surface area contributed by atoms with Crippen molar-refractivity contribution in [2.24, 2.45) is 0 Å². The van der Waals surface area contributed by atoms with E-state index in [1.807, 2.05) is 0 Å². The van der Waals surface area contributed by atoms with Crippen molar-refractivity contribution in [1.29, 1.82) is 0 Å². The first-order valence-electron chi connectivity index (χ1n) is 7.74. The fraction of sp³-hybridized carbons (Fsp3) is 0.143. The van der Waals surface area contributed by atoms with Crippen LogP contribution in [-0.4, -0.2) is 0 Å². The molecule has 114 valence electrons. The van der Waals surface area contributed by atoms with E-state index in [9.17, 15) is 0 Å². The third kappa shape index (κ3) is 2.74. The van der Waals surface area contributed by atoms with Crippen molar-refractivity contribution in [3.05, 3.63) is 82.9 Å². The van der Waals surface area contributed by atoms with E-state index >= 15 is 0 Å². The van der Waals surface area contributed by atoms with Gasteiger partial charge in [-0.05, 0) is 52.3 Å². The predicted molar refractivity (Wildman–Crippen MR) is 116 cm³/mol.